The van der Waals surface area contributed by atoms with Gasteiger partial charge >= 0.3 is 6.03 Å². The summed E-state index contributed by atoms with van der Waals surface area (Å²) in [6.45, 7) is 7.39. The summed E-state index contributed by atoms with van der Waals surface area (Å²) in [5, 5.41) is 7.38. The Kier molecular flexibility index (Phi) is 8.81. The van der Waals surface area contributed by atoms with Crippen molar-refractivity contribution in [1.82, 2.24) is 34.8 Å². The highest BCUT2D eigenvalue weighted by Crippen LogP contribution is 2.35. The minimum Gasteiger partial charge on any atom is -0.494 e. The van der Waals surface area contributed by atoms with Crippen LogP contribution in [0.25, 0.3) is 16.9 Å². The van der Waals surface area contributed by atoms with Gasteiger partial charge in [0.2, 0.25) is 11.6 Å². The van der Waals surface area contributed by atoms with Crippen LogP contribution in [-0.4, -0.2) is 67.7 Å². The molecule has 0 spiro atoms. The Balaban J connectivity index is 1.76. The number of carbonyl (C=O) groups excluding carboxylic acids is 1. The molecule has 39 heavy (non-hydrogen) atoms. The van der Waals surface area contributed by atoms with Crippen LogP contribution in [0.4, 0.5) is 13.6 Å². The standard InChI is InChI=1S/C27H37F2N7O3/c1-6-35-17(2)21-14-20(22(38-5)15-30-21)23-18(3)36-24(31-16-32-36)25(34-23)39-13-9-7-8-10-19(33-26(35)37)11-12-27(4,28)29/h14-17,19H,6-13H2,1-5H3,(H,33,37)/t17-,19-/m1/s1. The first-order valence-corrected chi connectivity index (χ1v) is 13.4. The summed E-state index contributed by atoms with van der Waals surface area (Å²) in [6, 6.07) is 0.779. The van der Waals surface area contributed by atoms with Gasteiger partial charge in [-0.1, -0.05) is 6.42 Å². The highest BCUT2D eigenvalue weighted by atomic mass is 19.3. The van der Waals surface area contributed by atoms with Gasteiger partial charge in [-0.15, -0.1) is 0 Å². The average Bonchev–Trinajstić information content (AvgIpc) is 3.40. The Labute approximate surface area is 227 Å². The zero-order valence-corrected chi connectivity index (χ0v) is 23.2. The lowest BCUT2D eigenvalue weighted by Crippen LogP contribution is -2.46. The van der Waals surface area contributed by atoms with Crippen LogP contribution in [0.3, 0.4) is 0 Å². The first kappa shape index (κ1) is 28.4. The number of pyridine rings is 1. The van der Waals surface area contributed by atoms with Crippen LogP contribution >= 0.6 is 0 Å². The molecule has 0 saturated heterocycles. The maximum Gasteiger partial charge on any atom is 0.318 e. The fourth-order valence-corrected chi connectivity index (χ4v) is 4.92. The fourth-order valence-electron chi connectivity index (χ4n) is 4.92. The van der Waals surface area contributed by atoms with Crippen molar-refractivity contribution in [2.75, 3.05) is 20.3 Å². The van der Waals surface area contributed by atoms with Gasteiger partial charge < -0.3 is 19.7 Å². The molecule has 4 heterocycles. The van der Waals surface area contributed by atoms with Gasteiger partial charge in [0.15, 0.2) is 0 Å². The lowest BCUT2D eigenvalue weighted by atomic mass is 10.0. The van der Waals surface area contributed by atoms with Crippen molar-refractivity contribution in [3.05, 3.63) is 30.0 Å². The van der Waals surface area contributed by atoms with Crippen LogP contribution in [0.1, 0.15) is 76.7 Å². The lowest BCUT2D eigenvalue weighted by Gasteiger charge is -2.31. The number of halogens is 2. The van der Waals surface area contributed by atoms with E-state index in [9.17, 15) is 13.6 Å². The Morgan fingerprint density at radius 1 is 1.26 bits per heavy atom. The molecule has 0 radical (unpaired) electrons. The SMILES string of the molecule is CCN1C(=O)N[C@@H](CCC(C)(F)F)CCCCCOc2nc(c(C)n3ncnc23)-c2cc(ncc2OC)[C@H]1C. The number of hydrogen-bond donors (Lipinski definition) is 1. The van der Waals surface area contributed by atoms with Gasteiger partial charge in [0.25, 0.3) is 5.88 Å². The molecule has 2 atom stereocenters. The topological polar surface area (TPSA) is 107 Å². The highest BCUT2D eigenvalue weighted by Gasteiger charge is 2.28. The number of rotatable bonds is 5. The molecule has 4 rings (SSSR count). The van der Waals surface area contributed by atoms with E-state index in [2.05, 4.69) is 20.4 Å². The van der Waals surface area contributed by atoms with E-state index >= 15 is 0 Å². The maximum absolute atomic E-state index is 13.7. The summed E-state index contributed by atoms with van der Waals surface area (Å²) in [6.07, 6.45) is 5.88. The molecule has 12 heteroatoms. The second kappa shape index (κ2) is 12.1. The molecule has 0 aromatic carbocycles. The Morgan fingerprint density at radius 2 is 2.05 bits per heavy atom. The predicted octanol–water partition coefficient (Wildman–Crippen LogP) is 5.35. The third kappa shape index (κ3) is 6.54. The molecule has 3 aromatic rings. The van der Waals surface area contributed by atoms with Crippen LogP contribution in [-0.2, 0) is 0 Å². The molecular weight excluding hydrogens is 508 g/mol. The van der Waals surface area contributed by atoms with Crippen molar-refractivity contribution in [3.8, 4) is 22.9 Å². The second-order valence-corrected chi connectivity index (χ2v) is 10.1. The van der Waals surface area contributed by atoms with Gasteiger partial charge in [-0.3, -0.25) is 4.98 Å². The zero-order valence-electron chi connectivity index (χ0n) is 23.2. The number of nitrogens with zero attached hydrogens (tertiary/aromatic N) is 6. The van der Waals surface area contributed by atoms with Gasteiger partial charge in [0.05, 0.1) is 43.0 Å². The third-order valence-electron chi connectivity index (χ3n) is 7.17. The molecule has 2 amide bonds. The average molecular weight is 546 g/mol. The lowest BCUT2D eigenvalue weighted by molar-refractivity contribution is 0.00804. The first-order chi connectivity index (χ1) is 18.6. The molecule has 4 bridgehead atoms. The molecule has 0 saturated carbocycles. The number of amides is 2. The number of hydrogen-bond acceptors (Lipinski definition) is 7. The Morgan fingerprint density at radius 3 is 2.77 bits per heavy atom. The van der Waals surface area contributed by atoms with Crippen LogP contribution < -0.4 is 14.8 Å². The maximum atomic E-state index is 13.7. The molecule has 0 fully saturated rings. The molecule has 0 aliphatic carbocycles. The molecule has 1 aliphatic rings. The summed E-state index contributed by atoms with van der Waals surface area (Å²) in [7, 11) is 1.56. The normalized spacial score (nSPS) is 19.4. The summed E-state index contributed by atoms with van der Waals surface area (Å²) < 4.78 is 40.7. The number of methoxy groups -OCH3 is 1. The molecule has 10 nitrogen and oxygen atoms in total. The number of nitrogens with one attached hydrogen (secondary N) is 1. The van der Waals surface area contributed by atoms with Crippen molar-refractivity contribution < 1.29 is 23.0 Å². The number of aryl methyl sites for hydroxylation is 1. The van der Waals surface area contributed by atoms with Crippen LogP contribution in [0.5, 0.6) is 11.6 Å². The number of alkyl halides is 2. The fraction of sp³-hybridized carbons (Fsp3) is 0.593. The van der Waals surface area contributed by atoms with Crippen molar-refractivity contribution in [3.63, 3.8) is 0 Å². The van der Waals surface area contributed by atoms with Crippen LogP contribution in [0, 0.1) is 6.92 Å². The largest absolute Gasteiger partial charge is 0.494 e. The summed E-state index contributed by atoms with van der Waals surface area (Å²) >= 11 is 0. The zero-order chi connectivity index (χ0) is 28.2. The quantitative estimate of drug-likeness (QED) is 0.460. The van der Waals surface area contributed by atoms with Gasteiger partial charge in [-0.05, 0) is 59.4 Å². The molecular formula is C27H37F2N7O3. The van der Waals surface area contributed by atoms with Gasteiger partial charge in [0, 0.05) is 24.6 Å². The molecule has 1 N–H and O–H groups in total. The van der Waals surface area contributed by atoms with E-state index in [1.165, 1.54) is 6.33 Å². The van der Waals surface area contributed by atoms with Crippen molar-refractivity contribution in [1.29, 1.82) is 0 Å². The number of aromatic nitrogens is 5. The van der Waals surface area contributed by atoms with E-state index in [1.807, 2.05) is 26.8 Å². The molecule has 3 aromatic heterocycles. The van der Waals surface area contributed by atoms with Gasteiger partial charge in [-0.25, -0.2) is 28.1 Å². The Bertz CT molecular complexity index is 1290. The van der Waals surface area contributed by atoms with E-state index in [1.54, 1.807) is 22.7 Å². The predicted molar refractivity (Wildman–Crippen MR) is 142 cm³/mol. The number of fused-ring (bicyclic) bond motifs is 7. The van der Waals surface area contributed by atoms with Gasteiger partial charge in [0.1, 0.15) is 12.1 Å². The number of urea groups is 1. The van der Waals surface area contributed by atoms with E-state index in [0.29, 0.717) is 53.8 Å². The molecule has 0 unspecified atom stereocenters. The summed E-state index contributed by atoms with van der Waals surface area (Å²) in [4.78, 5) is 28.8. The van der Waals surface area contributed by atoms with Crippen LogP contribution in [0.15, 0.2) is 18.6 Å². The van der Waals surface area contributed by atoms with E-state index < -0.39 is 12.0 Å². The third-order valence-corrected chi connectivity index (χ3v) is 7.17. The number of ether oxygens (including phenoxy) is 2. The Hall–Kier alpha value is -3.57. The smallest absolute Gasteiger partial charge is 0.318 e. The van der Waals surface area contributed by atoms with Crippen molar-refractivity contribution in [2.45, 2.75) is 84.2 Å². The summed E-state index contributed by atoms with van der Waals surface area (Å²) in [5.74, 6) is -1.92. The van der Waals surface area contributed by atoms with E-state index in [-0.39, 0.29) is 24.9 Å². The minimum atomic E-state index is -2.79. The van der Waals surface area contributed by atoms with E-state index in [0.717, 1.165) is 31.9 Å². The van der Waals surface area contributed by atoms with E-state index in [4.69, 9.17) is 14.5 Å². The van der Waals surface area contributed by atoms with Crippen molar-refractivity contribution in [2.24, 2.45) is 0 Å². The number of carbonyl (C=O) groups is 1. The monoisotopic (exact) mass is 545 g/mol. The van der Waals surface area contributed by atoms with Crippen molar-refractivity contribution >= 4 is 11.7 Å². The summed E-state index contributed by atoms with van der Waals surface area (Å²) in [5.41, 5.74) is 3.18. The molecule has 212 valence electrons. The second-order valence-electron chi connectivity index (χ2n) is 10.1. The molecule has 1 aliphatic heterocycles. The van der Waals surface area contributed by atoms with Gasteiger partial charge in [-0.2, -0.15) is 5.10 Å². The first-order valence-electron chi connectivity index (χ1n) is 13.4. The van der Waals surface area contributed by atoms with Crippen LogP contribution in [0.2, 0.25) is 0 Å². The highest BCUT2D eigenvalue weighted by molar-refractivity contribution is 5.75. The minimum absolute atomic E-state index is 0.197.